The van der Waals surface area contributed by atoms with Crippen LogP contribution >= 0.6 is 0 Å². The van der Waals surface area contributed by atoms with Gasteiger partial charge < -0.3 is 15.2 Å². The number of carbonyl (C=O) groups is 2. The topological polar surface area (TPSA) is 75.6 Å². The van der Waals surface area contributed by atoms with Crippen molar-refractivity contribution in [2.45, 2.75) is 46.5 Å². The number of nitrogens with one attached hydrogen (secondary N) is 1. The fourth-order valence-corrected chi connectivity index (χ4v) is 2.17. The van der Waals surface area contributed by atoms with Crippen LogP contribution in [0.4, 0.5) is 0 Å². The Morgan fingerprint density at radius 3 is 2.42 bits per heavy atom. The molecule has 0 spiro atoms. The Morgan fingerprint density at radius 2 is 2.00 bits per heavy atom. The molecule has 0 radical (unpaired) electrons. The number of amides is 1. The molecule has 0 aliphatic heterocycles. The Labute approximate surface area is 114 Å². The Kier molecular flexibility index (Phi) is 5.35. The first-order valence-electron chi connectivity index (χ1n) is 6.93. The second-order valence-electron chi connectivity index (χ2n) is 5.95. The van der Waals surface area contributed by atoms with E-state index in [2.05, 4.69) is 5.32 Å². The van der Waals surface area contributed by atoms with Crippen LogP contribution in [-0.4, -0.2) is 36.7 Å². The average molecular weight is 271 g/mol. The fraction of sp³-hybridized carbons (Fsp3) is 0.857. The monoisotopic (exact) mass is 271 g/mol. The lowest BCUT2D eigenvalue weighted by Crippen LogP contribution is -2.49. The molecule has 1 saturated carbocycles. The van der Waals surface area contributed by atoms with E-state index in [1.54, 1.807) is 13.8 Å². The van der Waals surface area contributed by atoms with Gasteiger partial charge in [-0.3, -0.25) is 9.59 Å². The second-order valence-corrected chi connectivity index (χ2v) is 5.95. The van der Waals surface area contributed by atoms with Gasteiger partial charge in [-0.2, -0.15) is 0 Å². The van der Waals surface area contributed by atoms with E-state index in [0.717, 1.165) is 25.7 Å². The zero-order valence-electron chi connectivity index (χ0n) is 12.1. The van der Waals surface area contributed by atoms with Crippen LogP contribution in [-0.2, 0) is 14.3 Å². The summed E-state index contributed by atoms with van der Waals surface area (Å²) in [5.74, 6) is -0.919. The standard InChI is InChI=1S/C14H25NO4/c1-4-19-9-8-14(6-5-7-14)11(16)15-10-13(2,3)12(17)18/h4-10H2,1-3H3,(H,15,16)(H,17,18). The molecular formula is C14H25NO4. The summed E-state index contributed by atoms with van der Waals surface area (Å²) in [5, 5.41) is 11.8. The summed E-state index contributed by atoms with van der Waals surface area (Å²) in [6, 6.07) is 0. The largest absolute Gasteiger partial charge is 0.481 e. The number of rotatable bonds is 8. The molecule has 0 heterocycles. The lowest BCUT2D eigenvalue weighted by Gasteiger charge is -2.40. The molecule has 5 nitrogen and oxygen atoms in total. The van der Waals surface area contributed by atoms with Gasteiger partial charge in [0.2, 0.25) is 5.91 Å². The first kappa shape index (κ1) is 16.0. The summed E-state index contributed by atoms with van der Waals surface area (Å²) >= 11 is 0. The molecular weight excluding hydrogens is 246 g/mol. The van der Waals surface area contributed by atoms with Gasteiger partial charge in [-0.1, -0.05) is 6.42 Å². The number of carboxylic acid groups (broad SMARTS) is 1. The van der Waals surface area contributed by atoms with E-state index in [1.807, 2.05) is 6.92 Å². The highest BCUT2D eigenvalue weighted by molar-refractivity contribution is 5.84. The minimum Gasteiger partial charge on any atom is -0.481 e. The van der Waals surface area contributed by atoms with Crippen LogP contribution in [0, 0.1) is 10.8 Å². The number of carboxylic acids is 1. The number of hydrogen-bond donors (Lipinski definition) is 2. The molecule has 0 unspecified atom stereocenters. The van der Waals surface area contributed by atoms with Crippen molar-refractivity contribution in [3.05, 3.63) is 0 Å². The minimum atomic E-state index is -0.930. The smallest absolute Gasteiger partial charge is 0.310 e. The molecule has 0 aromatic heterocycles. The quantitative estimate of drug-likeness (QED) is 0.660. The Balaban J connectivity index is 2.48. The van der Waals surface area contributed by atoms with Crippen molar-refractivity contribution in [2.75, 3.05) is 19.8 Å². The molecule has 0 atom stereocenters. The maximum atomic E-state index is 12.3. The predicted octanol–water partition coefficient (Wildman–Crippen LogP) is 1.81. The summed E-state index contributed by atoms with van der Waals surface area (Å²) in [6.45, 7) is 6.57. The zero-order valence-corrected chi connectivity index (χ0v) is 12.1. The molecule has 1 aliphatic carbocycles. The maximum Gasteiger partial charge on any atom is 0.310 e. The third kappa shape index (κ3) is 3.93. The van der Waals surface area contributed by atoms with Crippen molar-refractivity contribution in [3.8, 4) is 0 Å². The van der Waals surface area contributed by atoms with Crippen LogP contribution in [0.1, 0.15) is 46.5 Å². The highest BCUT2D eigenvalue weighted by atomic mass is 16.5. The Bertz CT molecular complexity index is 334. The lowest BCUT2D eigenvalue weighted by molar-refractivity contribution is -0.147. The van der Waals surface area contributed by atoms with Crippen molar-refractivity contribution in [1.82, 2.24) is 5.32 Å². The van der Waals surface area contributed by atoms with Gasteiger partial charge in [0.25, 0.3) is 0 Å². The van der Waals surface area contributed by atoms with Crippen molar-refractivity contribution >= 4 is 11.9 Å². The number of aliphatic carboxylic acids is 1. The Morgan fingerprint density at radius 1 is 1.37 bits per heavy atom. The summed E-state index contributed by atoms with van der Waals surface area (Å²) in [6.07, 6.45) is 3.53. The van der Waals surface area contributed by atoms with Crippen molar-refractivity contribution in [1.29, 1.82) is 0 Å². The van der Waals surface area contributed by atoms with E-state index in [0.29, 0.717) is 13.2 Å². The number of carbonyl (C=O) groups excluding carboxylic acids is 1. The van der Waals surface area contributed by atoms with E-state index in [9.17, 15) is 9.59 Å². The fourth-order valence-electron chi connectivity index (χ4n) is 2.17. The third-order valence-electron chi connectivity index (χ3n) is 3.99. The van der Waals surface area contributed by atoms with E-state index in [4.69, 9.17) is 9.84 Å². The average Bonchev–Trinajstić information content (AvgIpc) is 2.29. The summed E-state index contributed by atoms with van der Waals surface area (Å²) in [7, 11) is 0. The van der Waals surface area contributed by atoms with Gasteiger partial charge in [-0.15, -0.1) is 0 Å². The Hall–Kier alpha value is -1.10. The van der Waals surface area contributed by atoms with E-state index in [-0.39, 0.29) is 17.9 Å². The van der Waals surface area contributed by atoms with Crippen LogP contribution in [0.5, 0.6) is 0 Å². The number of hydrogen-bond acceptors (Lipinski definition) is 3. The molecule has 19 heavy (non-hydrogen) atoms. The molecule has 1 fully saturated rings. The predicted molar refractivity (Wildman–Crippen MR) is 71.8 cm³/mol. The van der Waals surface area contributed by atoms with Crippen LogP contribution in [0.25, 0.3) is 0 Å². The molecule has 1 rings (SSSR count). The molecule has 2 N–H and O–H groups in total. The number of ether oxygens (including phenoxy) is 1. The summed E-state index contributed by atoms with van der Waals surface area (Å²) in [5.41, 5.74) is -1.26. The molecule has 110 valence electrons. The molecule has 1 amide bonds. The van der Waals surface area contributed by atoms with Gasteiger partial charge in [0.05, 0.1) is 10.8 Å². The highest BCUT2D eigenvalue weighted by Crippen LogP contribution is 2.44. The van der Waals surface area contributed by atoms with Crippen LogP contribution < -0.4 is 5.32 Å². The summed E-state index contributed by atoms with van der Waals surface area (Å²) < 4.78 is 5.32. The van der Waals surface area contributed by atoms with Gasteiger partial charge in [0, 0.05) is 19.8 Å². The van der Waals surface area contributed by atoms with Gasteiger partial charge in [0.1, 0.15) is 0 Å². The first-order valence-corrected chi connectivity index (χ1v) is 6.93. The highest BCUT2D eigenvalue weighted by Gasteiger charge is 2.44. The summed E-state index contributed by atoms with van der Waals surface area (Å²) in [4.78, 5) is 23.3. The van der Waals surface area contributed by atoms with Crippen LogP contribution in [0.3, 0.4) is 0 Å². The zero-order chi connectivity index (χ0) is 14.5. The molecule has 0 aromatic rings. The molecule has 0 aromatic carbocycles. The van der Waals surface area contributed by atoms with Gasteiger partial charge in [-0.05, 0) is 40.0 Å². The van der Waals surface area contributed by atoms with Crippen LogP contribution in [0.2, 0.25) is 0 Å². The van der Waals surface area contributed by atoms with Crippen molar-refractivity contribution in [3.63, 3.8) is 0 Å². The SMILES string of the molecule is CCOCCC1(C(=O)NCC(C)(C)C(=O)O)CCC1. The van der Waals surface area contributed by atoms with Gasteiger partial charge >= 0.3 is 5.97 Å². The maximum absolute atomic E-state index is 12.3. The van der Waals surface area contributed by atoms with Gasteiger partial charge in [-0.25, -0.2) is 0 Å². The molecule has 1 aliphatic rings. The van der Waals surface area contributed by atoms with E-state index >= 15 is 0 Å². The lowest BCUT2D eigenvalue weighted by atomic mass is 9.66. The molecule has 5 heteroatoms. The van der Waals surface area contributed by atoms with Crippen molar-refractivity contribution in [2.24, 2.45) is 10.8 Å². The minimum absolute atomic E-state index is 0.0206. The normalized spacial score (nSPS) is 17.6. The first-order chi connectivity index (χ1) is 8.84. The van der Waals surface area contributed by atoms with E-state index < -0.39 is 11.4 Å². The van der Waals surface area contributed by atoms with Crippen LogP contribution in [0.15, 0.2) is 0 Å². The van der Waals surface area contributed by atoms with E-state index in [1.165, 1.54) is 0 Å². The van der Waals surface area contributed by atoms with Gasteiger partial charge in [0.15, 0.2) is 0 Å². The second kappa shape index (κ2) is 6.37. The van der Waals surface area contributed by atoms with Crippen molar-refractivity contribution < 1.29 is 19.4 Å². The third-order valence-corrected chi connectivity index (χ3v) is 3.99. The molecule has 0 bridgehead atoms. The molecule has 0 saturated heterocycles.